The molecule has 1 heterocycles. The lowest BCUT2D eigenvalue weighted by Gasteiger charge is -2.18. The minimum atomic E-state index is -0.409. The van der Waals surface area contributed by atoms with E-state index in [0.717, 1.165) is 11.3 Å². The number of rotatable bonds is 2. The summed E-state index contributed by atoms with van der Waals surface area (Å²) in [6.45, 7) is 0.179. The van der Waals surface area contributed by atoms with Crippen LogP contribution >= 0.6 is 11.6 Å². The van der Waals surface area contributed by atoms with Gasteiger partial charge in [0.05, 0.1) is 13.0 Å². The molecule has 1 aliphatic heterocycles. The van der Waals surface area contributed by atoms with E-state index in [0.29, 0.717) is 22.7 Å². The van der Waals surface area contributed by atoms with E-state index in [4.69, 9.17) is 17.3 Å². The Balaban J connectivity index is 1.95. The number of anilines is 2. The summed E-state index contributed by atoms with van der Waals surface area (Å²) in [7, 11) is 0. The van der Waals surface area contributed by atoms with E-state index in [1.807, 2.05) is 6.07 Å². The van der Waals surface area contributed by atoms with Crippen LogP contribution < -0.4 is 10.6 Å². The Morgan fingerprint density at radius 2 is 2.05 bits per heavy atom. The number of nitrogens with zero attached hydrogens (tertiary/aromatic N) is 1. The first-order chi connectivity index (χ1) is 9.54. The predicted molar refractivity (Wildman–Crippen MR) is 77.2 cm³/mol. The van der Waals surface area contributed by atoms with Crippen molar-refractivity contribution in [3.8, 4) is 0 Å². The molecule has 0 bridgehead atoms. The number of hydrogen-bond acceptors (Lipinski definition) is 2. The molecule has 1 aliphatic rings. The first kappa shape index (κ1) is 12.9. The van der Waals surface area contributed by atoms with E-state index < -0.39 is 5.82 Å². The van der Waals surface area contributed by atoms with E-state index in [2.05, 4.69) is 0 Å². The zero-order valence-corrected chi connectivity index (χ0v) is 11.3. The maximum Gasteiger partial charge on any atom is 0.231 e. The molecule has 102 valence electrons. The minimum absolute atomic E-state index is 0.0570. The van der Waals surface area contributed by atoms with Gasteiger partial charge in [-0.2, -0.15) is 0 Å². The summed E-state index contributed by atoms with van der Waals surface area (Å²) < 4.78 is 13.8. The highest BCUT2D eigenvalue weighted by Gasteiger charge is 2.28. The van der Waals surface area contributed by atoms with E-state index in [1.54, 1.807) is 29.2 Å². The van der Waals surface area contributed by atoms with Crippen LogP contribution in [-0.4, -0.2) is 5.91 Å². The molecule has 0 saturated carbocycles. The molecular formula is C15H12ClFN2O. The number of nitrogen functional groups attached to an aromatic ring is 1. The molecule has 2 N–H and O–H groups in total. The topological polar surface area (TPSA) is 46.3 Å². The Bertz CT molecular complexity index is 702. The van der Waals surface area contributed by atoms with E-state index in [-0.39, 0.29) is 12.5 Å². The van der Waals surface area contributed by atoms with Gasteiger partial charge in [-0.1, -0.05) is 23.7 Å². The molecule has 0 spiro atoms. The van der Waals surface area contributed by atoms with Crippen molar-refractivity contribution in [3.05, 3.63) is 58.4 Å². The number of benzene rings is 2. The molecule has 0 saturated heterocycles. The minimum Gasteiger partial charge on any atom is -0.399 e. The van der Waals surface area contributed by atoms with Crippen molar-refractivity contribution in [1.29, 1.82) is 0 Å². The number of nitrogens with two attached hydrogens (primary N) is 1. The van der Waals surface area contributed by atoms with Gasteiger partial charge in [0, 0.05) is 22.0 Å². The third-order valence-corrected chi connectivity index (χ3v) is 3.62. The molecule has 0 aromatic heterocycles. The monoisotopic (exact) mass is 290 g/mol. The summed E-state index contributed by atoms with van der Waals surface area (Å²) in [6.07, 6.45) is 0.323. The third-order valence-electron chi connectivity index (χ3n) is 3.39. The van der Waals surface area contributed by atoms with Crippen molar-refractivity contribution in [2.24, 2.45) is 0 Å². The van der Waals surface area contributed by atoms with Crippen molar-refractivity contribution in [1.82, 2.24) is 0 Å². The van der Waals surface area contributed by atoms with Gasteiger partial charge in [0.2, 0.25) is 5.91 Å². The summed E-state index contributed by atoms with van der Waals surface area (Å²) in [5, 5.41) is 0.557. The number of fused-ring (bicyclic) bond motifs is 1. The Kier molecular flexibility index (Phi) is 3.10. The fourth-order valence-electron chi connectivity index (χ4n) is 2.37. The van der Waals surface area contributed by atoms with Crippen LogP contribution in [0.15, 0.2) is 36.4 Å². The van der Waals surface area contributed by atoms with E-state index in [1.165, 1.54) is 6.07 Å². The smallest absolute Gasteiger partial charge is 0.231 e. The second-order valence-corrected chi connectivity index (χ2v) is 5.22. The Morgan fingerprint density at radius 3 is 2.80 bits per heavy atom. The first-order valence-electron chi connectivity index (χ1n) is 6.17. The van der Waals surface area contributed by atoms with Gasteiger partial charge in [0.1, 0.15) is 5.82 Å². The molecule has 5 heteroatoms. The normalized spacial score (nSPS) is 13.7. The molecule has 0 fully saturated rings. The standard InChI is InChI=1S/C15H12ClFN2O/c16-11-3-1-9-5-15(20)19(14(9)6-11)8-10-2-4-12(18)7-13(10)17/h1-4,6-7H,5,8,18H2. The molecule has 3 nitrogen and oxygen atoms in total. The average molecular weight is 291 g/mol. The summed E-state index contributed by atoms with van der Waals surface area (Å²) in [6, 6.07) is 9.79. The van der Waals surface area contributed by atoms with Crippen LogP contribution in [-0.2, 0) is 17.8 Å². The number of hydrogen-bond donors (Lipinski definition) is 1. The quantitative estimate of drug-likeness (QED) is 0.864. The van der Waals surface area contributed by atoms with Gasteiger partial charge in [-0.15, -0.1) is 0 Å². The van der Waals surface area contributed by atoms with Crippen molar-refractivity contribution < 1.29 is 9.18 Å². The third kappa shape index (κ3) is 2.23. The van der Waals surface area contributed by atoms with Crippen molar-refractivity contribution in [2.45, 2.75) is 13.0 Å². The summed E-state index contributed by atoms with van der Waals surface area (Å²) in [4.78, 5) is 13.6. The molecule has 0 aliphatic carbocycles. The van der Waals surface area contributed by atoms with Gasteiger partial charge >= 0.3 is 0 Å². The summed E-state index contributed by atoms with van der Waals surface area (Å²) >= 11 is 5.96. The first-order valence-corrected chi connectivity index (χ1v) is 6.55. The highest BCUT2D eigenvalue weighted by Crippen LogP contribution is 2.33. The van der Waals surface area contributed by atoms with Crippen molar-refractivity contribution in [3.63, 3.8) is 0 Å². The van der Waals surface area contributed by atoms with Gasteiger partial charge < -0.3 is 10.6 Å². The zero-order valence-electron chi connectivity index (χ0n) is 10.6. The lowest BCUT2D eigenvalue weighted by Crippen LogP contribution is -2.26. The summed E-state index contributed by atoms with van der Waals surface area (Å²) in [5.74, 6) is -0.466. The average Bonchev–Trinajstić information content (AvgIpc) is 2.69. The summed E-state index contributed by atoms with van der Waals surface area (Å²) in [5.41, 5.74) is 7.98. The van der Waals surface area contributed by atoms with Crippen LogP contribution in [0, 0.1) is 5.82 Å². The molecule has 1 amide bonds. The van der Waals surface area contributed by atoms with E-state index in [9.17, 15) is 9.18 Å². The van der Waals surface area contributed by atoms with Gasteiger partial charge in [-0.05, 0) is 29.8 Å². The van der Waals surface area contributed by atoms with Crippen LogP contribution in [0.25, 0.3) is 0 Å². The largest absolute Gasteiger partial charge is 0.399 e. The van der Waals surface area contributed by atoms with Crippen LogP contribution in [0.1, 0.15) is 11.1 Å². The lowest BCUT2D eigenvalue weighted by atomic mass is 10.1. The maximum absolute atomic E-state index is 13.8. The Morgan fingerprint density at radius 1 is 1.25 bits per heavy atom. The van der Waals surface area contributed by atoms with Crippen molar-refractivity contribution >= 4 is 28.9 Å². The van der Waals surface area contributed by atoms with E-state index >= 15 is 0 Å². The molecule has 2 aromatic carbocycles. The van der Waals surface area contributed by atoms with Crippen LogP contribution in [0.4, 0.5) is 15.8 Å². The van der Waals surface area contributed by atoms with Crippen LogP contribution in [0.5, 0.6) is 0 Å². The van der Waals surface area contributed by atoms with Crippen LogP contribution in [0.2, 0.25) is 5.02 Å². The molecule has 3 rings (SSSR count). The SMILES string of the molecule is Nc1ccc(CN2C(=O)Cc3ccc(Cl)cc32)c(F)c1. The second kappa shape index (κ2) is 4.80. The fraction of sp³-hybridized carbons (Fsp3) is 0.133. The molecule has 0 atom stereocenters. The highest BCUT2D eigenvalue weighted by atomic mass is 35.5. The highest BCUT2D eigenvalue weighted by molar-refractivity contribution is 6.31. The van der Waals surface area contributed by atoms with Gasteiger partial charge in [0.25, 0.3) is 0 Å². The molecule has 2 aromatic rings. The number of amides is 1. The zero-order chi connectivity index (χ0) is 14.3. The Hall–Kier alpha value is -2.07. The number of carbonyl (C=O) groups is 1. The number of halogens is 2. The molecule has 0 radical (unpaired) electrons. The predicted octanol–water partition coefficient (Wildman–Crippen LogP) is 3.15. The van der Waals surface area contributed by atoms with Gasteiger partial charge in [-0.25, -0.2) is 4.39 Å². The second-order valence-electron chi connectivity index (χ2n) is 4.78. The molecular weight excluding hydrogens is 279 g/mol. The number of carbonyl (C=O) groups excluding carboxylic acids is 1. The lowest BCUT2D eigenvalue weighted by molar-refractivity contribution is -0.117. The van der Waals surface area contributed by atoms with Crippen molar-refractivity contribution in [2.75, 3.05) is 10.6 Å². The fourth-order valence-corrected chi connectivity index (χ4v) is 2.53. The van der Waals surface area contributed by atoms with Gasteiger partial charge in [0.15, 0.2) is 0 Å². The maximum atomic E-state index is 13.8. The van der Waals surface area contributed by atoms with Crippen LogP contribution in [0.3, 0.4) is 0 Å². The van der Waals surface area contributed by atoms with Gasteiger partial charge in [-0.3, -0.25) is 4.79 Å². The molecule has 0 unspecified atom stereocenters. The molecule has 20 heavy (non-hydrogen) atoms. The Labute approximate surface area is 120 Å².